The molecule has 8 nitrogen and oxygen atoms in total. The van der Waals surface area contributed by atoms with Crippen LogP contribution in [0.5, 0.6) is 0 Å². The van der Waals surface area contributed by atoms with E-state index in [1.807, 2.05) is 13.0 Å². The fourth-order valence-corrected chi connectivity index (χ4v) is 5.17. The van der Waals surface area contributed by atoms with Crippen LogP contribution >= 0.6 is 24.0 Å². The third-order valence-corrected chi connectivity index (χ3v) is 6.78. The zero-order chi connectivity index (χ0) is 22.7. The third kappa shape index (κ3) is 4.52. The average Bonchev–Trinajstić information content (AvgIpc) is 3.33. The molecule has 0 unspecified atom stereocenters. The molecular formula is C21H24N4O4S2. The summed E-state index contributed by atoms with van der Waals surface area (Å²) in [5.74, 6) is -0.623. The van der Waals surface area contributed by atoms with Crippen LogP contribution in [-0.4, -0.2) is 50.4 Å². The summed E-state index contributed by atoms with van der Waals surface area (Å²) in [5.41, 5.74) is 0.974. The maximum atomic E-state index is 13.0. The molecule has 1 N–H and O–H groups in total. The minimum atomic E-state index is -1.00. The highest BCUT2D eigenvalue weighted by atomic mass is 32.2. The predicted octanol–water partition coefficient (Wildman–Crippen LogP) is 2.71. The molecule has 0 bridgehead atoms. The Bertz CT molecular complexity index is 1060. The first-order valence-corrected chi connectivity index (χ1v) is 11.4. The number of hydrogen-bond donors (Lipinski definition) is 1. The van der Waals surface area contributed by atoms with Crippen molar-refractivity contribution in [1.82, 2.24) is 9.47 Å². The van der Waals surface area contributed by atoms with Gasteiger partial charge >= 0.3 is 5.97 Å². The zero-order valence-electron chi connectivity index (χ0n) is 17.5. The standard InChI is InChI=1S/C21H24N4O4S2/c1-3-7-24-18(23-8-4-5-9-23)14(13(2)15(12-22)19(24)28)11-16-20(29)25(21(30)31-16)10-6-17(26)27/h11H,3-10H2,1-2H3,(H,26,27)/b16-11-. The molecule has 2 saturated heterocycles. The smallest absolute Gasteiger partial charge is 0.305 e. The highest BCUT2D eigenvalue weighted by Crippen LogP contribution is 2.36. The summed E-state index contributed by atoms with van der Waals surface area (Å²) in [4.78, 5) is 40.7. The second-order valence-electron chi connectivity index (χ2n) is 7.48. The van der Waals surface area contributed by atoms with Crippen LogP contribution < -0.4 is 10.5 Å². The van der Waals surface area contributed by atoms with Crippen LogP contribution in [0.15, 0.2) is 9.70 Å². The van der Waals surface area contributed by atoms with Gasteiger partial charge in [0.1, 0.15) is 21.8 Å². The number of nitriles is 1. The fraction of sp³-hybridized carbons (Fsp3) is 0.476. The molecule has 2 fully saturated rings. The van der Waals surface area contributed by atoms with Gasteiger partial charge in [0.2, 0.25) is 0 Å². The molecule has 1 aromatic heterocycles. The molecule has 0 aliphatic carbocycles. The Kier molecular flexibility index (Phi) is 7.18. The first kappa shape index (κ1) is 23.0. The van der Waals surface area contributed by atoms with E-state index in [-0.39, 0.29) is 30.0 Å². The molecule has 31 heavy (non-hydrogen) atoms. The number of anilines is 1. The van der Waals surface area contributed by atoms with E-state index in [4.69, 9.17) is 17.3 Å². The first-order valence-electron chi connectivity index (χ1n) is 10.2. The van der Waals surface area contributed by atoms with Crippen molar-refractivity contribution in [1.29, 1.82) is 5.26 Å². The van der Waals surface area contributed by atoms with Gasteiger partial charge < -0.3 is 10.0 Å². The fourth-order valence-electron chi connectivity index (χ4n) is 3.88. The van der Waals surface area contributed by atoms with Crippen LogP contribution in [0.4, 0.5) is 5.82 Å². The largest absolute Gasteiger partial charge is 0.481 e. The lowest BCUT2D eigenvalue weighted by Crippen LogP contribution is -2.33. The van der Waals surface area contributed by atoms with Gasteiger partial charge in [0.05, 0.1) is 11.3 Å². The van der Waals surface area contributed by atoms with Gasteiger partial charge in [-0.3, -0.25) is 23.9 Å². The number of amides is 1. The number of thioether (sulfide) groups is 1. The first-order chi connectivity index (χ1) is 14.8. The predicted molar refractivity (Wildman–Crippen MR) is 124 cm³/mol. The molecule has 10 heteroatoms. The van der Waals surface area contributed by atoms with Crippen molar-refractivity contribution in [2.45, 2.75) is 46.1 Å². The van der Waals surface area contributed by atoms with Crippen molar-refractivity contribution >= 4 is 52.1 Å². The molecular weight excluding hydrogens is 436 g/mol. The van der Waals surface area contributed by atoms with Crippen LogP contribution in [0.3, 0.4) is 0 Å². The Morgan fingerprint density at radius 3 is 2.55 bits per heavy atom. The van der Waals surface area contributed by atoms with Crippen molar-refractivity contribution in [3.05, 3.63) is 31.9 Å². The molecule has 1 amide bonds. The number of rotatable bonds is 7. The summed E-state index contributed by atoms with van der Waals surface area (Å²) in [5, 5.41) is 18.6. The lowest BCUT2D eigenvalue weighted by Gasteiger charge is -2.26. The maximum absolute atomic E-state index is 13.0. The minimum absolute atomic E-state index is 0.00802. The number of nitrogens with zero attached hydrogens (tertiary/aromatic N) is 4. The zero-order valence-corrected chi connectivity index (χ0v) is 19.1. The second kappa shape index (κ2) is 9.66. The number of pyridine rings is 1. The SMILES string of the molecule is CCCn1c(N2CCCC2)c(/C=C2\SC(=S)N(CCC(=O)O)C2=O)c(C)c(C#N)c1=O. The molecule has 164 valence electrons. The Hall–Kier alpha value is -2.64. The quantitative estimate of drug-likeness (QED) is 0.489. The Morgan fingerprint density at radius 1 is 1.29 bits per heavy atom. The van der Waals surface area contributed by atoms with Gasteiger partial charge in [-0.15, -0.1) is 0 Å². The molecule has 1 aromatic rings. The number of carboxylic acids is 1. The average molecular weight is 461 g/mol. The number of carbonyl (C=O) groups excluding carboxylic acids is 1. The number of aromatic nitrogens is 1. The summed E-state index contributed by atoms with van der Waals surface area (Å²) < 4.78 is 1.95. The lowest BCUT2D eigenvalue weighted by molar-refractivity contribution is -0.137. The number of carboxylic acid groups (broad SMARTS) is 1. The van der Waals surface area contributed by atoms with E-state index in [0.29, 0.717) is 26.9 Å². The van der Waals surface area contributed by atoms with E-state index in [9.17, 15) is 19.6 Å². The normalized spacial score (nSPS) is 17.6. The van der Waals surface area contributed by atoms with Gasteiger partial charge in [-0.2, -0.15) is 5.26 Å². The second-order valence-corrected chi connectivity index (χ2v) is 9.15. The van der Waals surface area contributed by atoms with Gasteiger partial charge in [-0.25, -0.2) is 0 Å². The van der Waals surface area contributed by atoms with Crippen molar-refractivity contribution in [2.24, 2.45) is 0 Å². The van der Waals surface area contributed by atoms with E-state index >= 15 is 0 Å². The minimum Gasteiger partial charge on any atom is -0.481 e. The number of aliphatic carboxylic acids is 1. The summed E-state index contributed by atoms with van der Waals surface area (Å²) in [6.07, 6.45) is 4.25. The van der Waals surface area contributed by atoms with Crippen LogP contribution in [0.25, 0.3) is 6.08 Å². The van der Waals surface area contributed by atoms with E-state index in [1.54, 1.807) is 17.6 Å². The maximum Gasteiger partial charge on any atom is 0.305 e. The summed E-state index contributed by atoms with van der Waals surface area (Å²) >= 11 is 6.40. The van der Waals surface area contributed by atoms with Crippen LogP contribution in [0, 0.1) is 18.3 Å². The van der Waals surface area contributed by atoms with E-state index in [2.05, 4.69) is 4.90 Å². The van der Waals surface area contributed by atoms with Crippen molar-refractivity contribution < 1.29 is 14.7 Å². The van der Waals surface area contributed by atoms with Crippen LogP contribution in [0.2, 0.25) is 0 Å². The van der Waals surface area contributed by atoms with Gasteiger partial charge in [0, 0.05) is 31.7 Å². The van der Waals surface area contributed by atoms with Crippen molar-refractivity contribution in [2.75, 3.05) is 24.5 Å². The molecule has 0 spiro atoms. The van der Waals surface area contributed by atoms with Crippen LogP contribution in [-0.2, 0) is 16.1 Å². The molecule has 0 saturated carbocycles. The molecule has 0 aromatic carbocycles. The number of hydrogen-bond acceptors (Lipinski definition) is 7. The molecule has 0 radical (unpaired) electrons. The Labute approximate surface area is 190 Å². The highest BCUT2D eigenvalue weighted by Gasteiger charge is 2.33. The summed E-state index contributed by atoms with van der Waals surface area (Å²) in [7, 11) is 0. The van der Waals surface area contributed by atoms with Crippen molar-refractivity contribution in [3.8, 4) is 6.07 Å². The van der Waals surface area contributed by atoms with Gasteiger partial charge in [-0.05, 0) is 37.8 Å². The number of thiocarbonyl (C=S) groups is 1. The summed E-state index contributed by atoms with van der Waals surface area (Å²) in [6.45, 7) is 5.78. The topological polar surface area (TPSA) is 107 Å². The van der Waals surface area contributed by atoms with Gasteiger partial charge in [-0.1, -0.05) is 30.9 Å². The molecule has 3 rings (SSSR count). The highest BCUT2D eigenvalue weighted by molar-refractivity contribution is 8.26. The lowest BCUT2D eigenvalue weighted by atomic mass is 10.0. The Morgan fingerprint density at radius 2 is 1.97 bits per heavy atom. The molecule has 2 aliphatic heterocycles. The van der Waals surface area contributed by atoms with Crippen LogP contribution in [0.1, 0.15) is 49.3 Å². The molecule has 3 heterocycles. The van der Waals surface area contributed by atoms with Crippen molar-refractivity contribution in [3.63, 3.8) is 0 Å². The van der Waals surface area contributed by atoms with Gasteiger partial charge in [0.25, 0.3) is 11.5 Å². The van der Waals surface area contributed by atoms with E-state index < -0.39 is 5.97 Å². The number of carbonyl (C=O) groups is 2. The monoisotopic (exact) mass is 460 g/mol. The Balaban J connectivity index is 2.16. The third-order valence-electron chi connectivity index (χ3n) is 5.40. The molecule has 2 aliphatic rings. The van der Waals surface area contributed by atoms with E-state index in [0.717, 1.165) is 49.9 Å². The van der Waals surface area contributed by atoms with Gasteiger partial charge in [0.15, 0.2) is 0 Å². The molecule has 0 atom stereocenters. The van der Waals surface area contributed by atoms with E-state index in [1.165, 1.54) is 4.90 Å². The summed E-state index contributed by atoms with van der Waals surface area (Å²) in [6, 6.07) is 2.03.